The van der Waals surface area contributed by atoms with Gasteiger partial charge in [0, 0.05) is 32.1 Å². The number of piperazine rings is 1. The summed E-state index contributed by atoms with van der Waals surface area (Å²) in [5, 5.41) is 24.5. The molecule has 11 heteroatoms. The second kappa shape index (κ2) is 9.91. The van der Waals surface area contributed by atoms with Gasteiger partial charge < -0.3 is 15.0 Å². The summed E-state index contributed by atoms with van der Waals surface area (Å²) >= 11 is 6.26. The maximum atomic E-state index is 13.2. The van der Waals surface area contributed by atoms with Gasteiger partial charge in [-0.3, -0.25) is 14.9 Å². The standard InChI is InChI=1S/C23H25ClN6O4/c1-34-21(31)23(9-4-6-15-5-2-3-7-17(15)23)13-18-19(30(32)33)20(28-22(24)27-18)29-12-11-26-16(14-29)8-10-25/h2-3,5,7,16,26H,4,6,8-9,11-14H2,1H3/t16-,23?/m0/s1. The van der Waals surface area contributed by atoms with Gasteiger partial charge in [-0.1, -0.05) is 24.3 Å². The molecule has 34 heavy (non-hydrogen) atoms. The normalized spacial score (nSPS) is 21.9. The number of aromatic nitrogens is 2. The monoisotopic (exact) mass is 484 g/mol. The van der Waals surface area contributed by atoms with Crippen LogP contribution in [0.15, 0.2) is 24.3 Å². The number of methoxy groups -OCH3 is 1. The quantitative estimate of drug-likeness (QED) is 0.284. The Hall–Kier alpha value is -3.29. The number of anilines is 1. The number of hydrogen-bond acceptors (Lipinski definition) is 9. The third-order valence-electron chi connectivity index (χ3n) is 6.61. The van der Waals surface area contributed by atoms with E-state index < -0.39 is 16.3 Å². The molecule has 0 radical (unpaired) electrons. The number of halogens is 1. The molecular weight excluding hydrogens is 460 g/mol. The Morgan fingerprint density at radius 1 is 1.44 bits per heavy atom. The van der Waals surface area contributed by atoms with E-state index in [1.165, 1.54) is 7.11 Å². The number of esters is 1. The summed E-state index contributed by atoms with van der Waals surface area (Å²) in [6.07, 6.45) is 2.25. The van der Waals surface area contributed by atoms with Gasteiger partial charge in [0.2, 0.25) is 11.1 Å². The maximum absolute atomic E-state index is 13.2. The lowest BCUT2D eigenvalue weighted by molar-refractivity contribution is -0.385. The van der Waals surface area contributed by atoms with E-state index in [1.807, 2.05) is 24.3 Å². The lowest BCUT2D eigenvalue weighted by atomic mass is 9.67. The first kappa shape index (κ1) is 23.9. The number of ether oxygens (including phenoxy) is 1. The van der Waals surface area contributed by atoms with Crippen LogP contribution in [0.1, 0.15) is 36.1 Å². The van der Waals surface area contributed by atoms with Gasteiger partial charge >= 0.3 is 11.7 Å². The zero-order valence-corrected chi connectivity index (χ0v) is 19.5. The Morgan fingerprint density at radius 3 is 2.97 bits per heavy atom. The summed E-state index contributed by atoms with van der Waals surface area (Å²) in [5.74, 6) is -0.352. The van der Waals surface area contributed by atoms with Crippen molar-refractivity contribution >= 4 is 29.1 Å². The van der Waals surface area contributed by atoms with Crippen LogP contribution in [0.3, 0.4) is 0 Å². The van der Waals surface area contributed by atoms with Crippen LogP contribution in [0, 0.1) is 21.4 Å². The highest BCUT2D eigenvalue weighted by atomic mass is 35.5. The van der Waals surface area contributed by atoms with Crippen molar-refractivity contribution in [3.8, 4) is 6.07 Å². The van der Waals surface area contributed by atoms with E-state index in [9.17, 15) is 14.9 Å². The van der Waals surface area contributed by atoms with Crippen LogP contribution in [0.25, 0.3) is 0 Å². The third kappa shape index (κ3) is 4.41. The number of carbonyl (C=O) groups excluding carboxylic acids is 1. The average Bonchev–Trinajstić information content (AvgIpc) is 2.83. The van der Waals surface area contributed by atoms with Crippen molar-refractivity contribution in [3.63, 3.8) is 0 Å². The molecule has 1 unspecified atom stereocenters. The molecule has 2 aliphatic rings. The summed E-state index contributed by atoms with van der Waals surface area (Å²) in [5.41, 5.74) is 0.528. The smallest absolute Gasteiger partial charge is 0.332 e. The molecule has 2 atom stereocenters. The highest BCUT2D eigenvalue weighted by Crippen LogP contribution is 2.43. The molecule has 4 rings (SSSR count). The number of nitro groups is 1. The Kier molecular flexibility index (Phi) is 6.95. The third-order valence-corrected chi connectivity index (χ3v) is 6.78. The molecule has 2 aromatic rings. The maximum Gasteiger partial charge on any atom is 0.332 e. The Morgan fingerprint density at radius 2 is 2.24 bits per heavy atom. The van der Waals surface area contributed by atoms with Crippen LogP contribution in [-0.4, -0.2) is 53.6 Å². The van der Waals surface area contributed by atoms with Gasteiger partial charge in [-0.2, -0.15) is 10.2 Å². The van der Waals surface area contributed by atoms with Gasteiger partial charge in [-0.25, -0.2) is 4.98 Å². The van der Waals surface area contributed by atoms with Crippen LogP contribution in [0.2, 0.25) is 5.28 Å². The van der Waals surface area contributed by atoms with Gasteiger partial charge in [-0.15, -0.1) is 0 Å². The van der Waals surface area contributed by atoms with Gasteiger partial charge in [-0.05, 0) is 42.0 Å². The van der Waals surface area contributed by atoms with Crippen molar-refractivity contribution in [2.75, 3.05) is 31.6 Å². The summed E-state index contributed by atoms with van der Waals surface area (Å²) in [7, 11) is 1.32. The molecule has 0 saturated carbocycles. The van der Waals surface area contributed by atoms with Gasteiger partial charge in [0.15, 0.2) is 0 Å². The number of fused-ring (bicyclic) bond motifs is 1. The number of benzene rings is 1. The average molecular weight is 485 g/mol. The second-order valence-electron chi connectivity index (χ2n) is 8.59. The van der Waals surface area contributed by atoms with Crippen molar-refractivity contribution < 1.29 is 14.5 Å². The largest absolute Gasteiger partial charge is 0.468 e. The molecule has 1 aliphatic carbocycles. The number of hydrogen-bond donors (Lipinski definition) is 1. The fourth-order valence-corrected chi connectivity index (χ4v) is 5.31. The van der Waals surface area contributed by atoms with Gasteiger partial charge in [0.25, 0.3) is 0 Å². The lowest BCUT2D eigenvalue weighted by Crippen LogP contribution is -2.51. The topological polar surface area (TPSA) is 134 Å². The number of rotatable bonds is 6. The molecule has 1 aliphatic heterocycles. The van der Waals surface area contributed by atoms with E-state index in [1.54, 1.807) is 4.90 Å². The molecule has 1 fully saturated rings. The van der Waals surface area contributed by atoms with Crippen LogP contribution in [0.5, 0.6) is 0 Å². The molecule has 178 valence electrons. The highest BCUT2D eigenvalue weighted by molar-refractivity contribution is 6.28. The number of nitriles is 1. The number of aryl methyl sites for hydroxylation is 1. The van der Waals surface area contributed by atoms with E-state index in [0.29, 0.717) is 26.1 Å². The number of nitrogens with one attached hydrogen (secondary N) is 1. The van der Waals surface area contributed by atoms with Gasteiger partial charge in [0.1, 0.15) is 5.69 Å². The van der Waals surface area contributed by atoms with Crippen LogP contribution in [-0.2, 0) is 27.8 Å². The first-order valence-corrected chi connectivity index (χ1v) is 11.5. The van der Waals surface area contributed by atoms with Crippen LogP contribution in [0.4, 0.5) is 11.5 Å². The van der Waals surface area contributed by atoms with Crippen molar-refractivity contribution in [2.24, 2.45) is 0 Å². The van der Waals surface area contributed by atoms with Crippen molar-refractivity contribution in [2.45, 2.75) is 43.6 Å². The minimum absolute atomic E-state index is 0.0318. The number of carbonyl (C=O) groups is 1. The molecular formula is C23H25ClN6O4. The molecule has 0 bridgehead atoms. The molecule has 1 N–H and O–H groups in total. The number of nitrogens with zero attached hydrogens (tertiary/aromatic N) is 5. The van der Waals surface area contributed by atoms with Crippen molar-refractivity contribution in [3.05, 3.63) is 56.5 Å². The zero-order valence-electron chi connectivity index (χ0n) is 18.8. The first-order valence-electron chi connectivity index (χ1n) is 11.1. The van der Waals surface area contributed by atoms with E-state index >= 15 is 0 Å². The van der Waals surface area contributed by atoms with Crippen LogP contribution >= 0.6 is 11.6 Å². The predicted molar refractivity (Wildman–Crippen MR) is 125 cm³/mol. The summed E-state index contributed by atoms with van der Waals surface area (Å²) in [4.78, 5) is 35.2. The first-order chi connectivity index (χ1) is 16.4. The molecule has 1 aromatic carbocycles. The molecule has 0 amide bonds. The predicted octanol–water partition coefficient (Wildman–Crippen LogP) is 2.72. The molecule has 10 nitrogen and oxygen atoms in total. The fraction of sp³-hybridized carbons (Fsp3) is 0.478. The van der Waals surface area contributed by atoms with E-state index in [0.717, 1.165) is 24.0 Å². The zero-order chi connectivity index (χ0) is 24.3. The fourth-order valence-electron chi connectivity index (χ4n) is 5.12. The second-order valence-corrected chi connectivity index (χ2v) is 8.93. The molecule has 2 heterocycles. The summed E-state index contributed by atoms with van der Waals surface area (Å²) < 4.78 is 5.21. The van der Waals surface area contributed by atoms with Crippen molar-refractivity contribution in [1.82, 2.24) is 15.3 Å². The lowest BCUT2D eigenvalue weighted by Gasteiger charge is -2.37. The SMILES string of the molecule is COC(=O)C1(Cc2nc(Cl)nc(N3CCN[C@@H](CC#N)C3)c2[N+](=O)[O-])CCCc2ccccc21. The summed E-state index contributed by atoms with van der Waals surface area (Å²) in [6, 6.07) is 9.58. The van der Waals surface area contributed by atoms with E-state index in [2.05, 4.69) is 21.4 Å². The Bertz CT molecular complexity index is 1150. The Balaban J connectivity index is 1.82. The van der Waals surface area contributed by atoms with Gasteiger partial charge in [0.05, 0.1) is 29.9 Å². The highest BCUT2D eigenvalue weighted by Gasteiger charge is 2.47. The Labute approximate surface area is 202 Å². The van der Waals surface area contributed by atoms with E-state index in [4.69, 9.17) is 21.6 Å². The molecule has 1 aromatic heterocycles. The van der Waals surface area contributed by atoms with Crippen LogP contribution < -0.4 is 10.2 Å². The minimum Gasteiger partial charge on any atom is -0.468 e. The molecule has 1 saturated heterocycles. The minimum atomic E-state index is -1.11. The summed E-state index contributed by atoms with van der Waals surface area (Å²) in [6.45, 7) is 1.37. The van der Waals surface area contributed by atoms with Crippen molar-refractivity contribution in [1.29, 1.82) is 5.26 Å². The molecule has 0 spiro atoms. The van der Waals surface area contributed by atoms with E-state index in [-0.39, 0.29) is 41.4 Å².